The smallest absolute Gasteiger partial charge is 0.320 e. The fraction of sp³-hybridized carbons (Fsp3) is 0.900. The molecule has 13 heavy (non-hydrogen) atoms. The molecule has 0 heterocycles. The van der Waals surface area contributed by atoms with Crippen molar-refractivity contribution in [2.45, 2.75) is 40.7 Å². The van der Waals surface area contributed by atoms with Gasteiger partial charge in [-0.1, -0.05) is 34.6 Å². The minimum Gasteiger partial charge on any atom is -0.480 e. The monoisotopic (exact) mass is 187 g/mol. The molecule has 0 bridgehead atoms. The van der Waals surface area contributed by atoms with Crippen molar-refractivity contribution in [2.75, 3.05) is 6.54 Å². The van der Waals surface area contributed by atoms with Crippen LogP contribution in [0.4, 0.5) is 0 Å². The maximum atomic E-state index is 10.8. The van der Waals surface area contributed by atoms with Gasteiger partial charge in [0.2, 0.25) is 0 Å². The first kappa shape index (κ1) is 12.4. The molecule has 0 unspecified atom stereocenters. The minimum atomic E-state index is -0.765. The summed E-state index contributed by atoms with van der Waals surface area (Å²) >= 11 is 0. The van der Waals surface area contributed by atoms with Crippen LogP contribution in [0.5, 0.6) is 0 Å². The predicted octanol–water partition coefficient (Wildman–Crippen LogP) is 1.73. The van der Waals surface area contributed by atoms with Gasteiger partial charge in [0.15, 0.2) is 0 Å². The number of aliphatic carboxylic acids is 1. The van der Waals surface area contributed by atoms with Gasteiger partial charge in [0, 0.05) is 6.54 Å². The van der Waals surface area contributed by atoms with E-state index in [1.807, 2.05) is 13.8 Å². The summed E-state index contributed by atoms with van der Waals surface area (Å²) in [6.07, 6.45) is 0. The molecule has 3 nitrogen and oxygen atoms in total. The molecule has 0 aliphatic rings. The second-order valence-corrected chi connectivity index (χ2v) is 5.00. The van der Waals surface area contributed by atoms with Crippen molar-refractivity contribution >= 4 is 5.97 Å². The molecule has 2 N–H and O–H groups in total. The summed E-state index contributed by atoms with van der Waals surface area (Å²) < 4.78 is 0. The first-order chi connectivity index (χ1) is 5.74. The lowest BCUT2D eigenvalue weighted by molar-refractivity contribution is -0.140. The Bertz CT molecular complexity index is 170. The fourth-order valence-electron chi connectivity index (χ4n) is 1.02. The Morgan fingerprint density at radius 3 is 2.08 bits per heavy atom. The van der Waals surface area contributed by atoms with E-state index >= 15 is 0 Å². The van der Waals surface area contributed by atoms with Crippen LogP contribution in [0.15, 0.2) is 0 Å². The van der Waals surface area contributed by atoms with Gasteiger partial charge in [-0.2, -0.15) is 0 Å². The number of carboxylic acids is 1. The van der Waals surface area contributed by atoms with E-state index in [9.17, 15) is 4.79 Å². The van der Waals surface area contributed by atoms with Gasteiger partial charge in [-0.05, 0) is 11.3 Å². The van der Waals surface area contributed by atoms with E-state index in [1.165, 1.54) is 0 Å². The Morgan fingerprint density at radius 1 is 1.38 bits per heavy atom. The fourth-order valence-corrected chi connectivity index (χ4v) is 1.02. The Kier molecular flexibility index (Phi) is 4.40. The summed E-state index contributed by atoms with van der Waals surface area (Å²) in [6.45, 7) is 10.8. The van der Waals surface area contributed by atoms with Crippen molar-refractivity contribution in [2.24, 2.45) is 11.3 Å². The molecule has 0 aromatic rings. The SMILES string of the molecule is CC(C)[C@H](NCC(C)(C)C)C(=O)O. The summed E-state index contributed by atoms with van der Waals surface area (Å²) in [5, 5.41) is 11.9. The van der Waals surface area contributed by atoms with Crippen LogP contribution in [0.1, 0.15) is 34.6 Å². The van der Waals surface area contributed by atoms with Crippen LogP contribution < -0.4 is 5.32 Å². The molecule has 1 atom stereocenters. The van der Waals surface area contributed by atoms with Gasteiger partial charge in [-0.15, -0.1) is 0 Å². The Labute approximate surface area is 80.5 Å². The molecule has 0 aromatic carbocycles. The second-order valence-electron chi connectivity index (χ2n) is 5.00. The van der Waals surface area contributed by atoms with Gasteiger partial charge in [-0.3, -0.25) is 4.79 Å². The van der Waals surface area contributed by atoms with E-state index in [1.54, 1.807) is 0 Å². The van der Waals surface area contributed by atoms with Crippen molar-refractivity contribution in [3.8, 4) is 0 Å². The lowest BCUT2D eigenvalue weighted by atomic mass is 9.95. The van der Waals surface area contributed by atoms with E-state index < -0.39 is 12.0 Å². The van der Waals surface area contributed by atoms with Gasteiger partial charge in [0.25, 0.3) is 0 Å². The number of carbonyl (C=O) groups is 1. The third-order valence-corrected chi connectivity index (χ3v) is 1.79. The molecule has 0 saturated carbocycles. The van der Waals surface area contributed by atoms with Gasteiger partial charge in [0.1, 0.15) is 6.04 Å². The molecule has 0 aromatic heterocycles. The molecule has 0 aliphatic carbocycles. The quantitative estimate of drug-likeness (QED) is 0.704. The first-order valence-corrected chi connectivity index (χ1v) is 4.70. The van der Waals surface area contributed by atoms with Crippen LogP contribution in [-0.4, -0.2) is 23.7 Å². The Hall–Kier alpha value is -0.570. The van der Waals surface area contributed by atoms with Crippen LogP contribution in [0, 0.1) is 11.3 Å². The second kappa shape index (κ2) is 4.61. The zero-order valence-electron chi connectivity index (χ0n) is 9.22. The third kappa shape index (κ3) is 5.64. The highest BCUT2D eigenvalue weighted by molar-refractivity contribution is 5.73. The van der Waals surface area contributed by atoms with Crippen LogP contribution in [0.25, 0.3) is 0 Å². The van der Waals surface area contributed by atoms with Crippen LogP contribution in [-0.2, 0) is 4.79 Å². The highest BCUT2D eigenvalue weighted by Gasteiger charge is 2.22. The summed E-state index contributed by atoms with van der Waals surface area (Å²) in [7, 11) is 0. The van der Waals surface area contributed by atoms with Crippen molar-refractivity contribution in [3.05, 3.63) is 0 Å². The summed E-state index contributed by atoms with van der Waals surface area (Å²) in [6, 6.07) is -0.431. The van der Waals surface area contributed by atoms with Gasteiger partial charge < -0.3 is 10.4 Å². The van der Waals surface area contributed by atoms with Crippen molar-refractivity contribution in [3.63, 3.8) is 0 Å². The number of hydrogen-bond acceptors (Lipinski definition) is 2. The van der Waals surface area contributed by atoms with Crippen LogP contribution in [0.2, 0.25) is 0 Å². The van der Waals surface area contributed by atoms with E-state index in [4.69, 9.17) is 5.11 Å². The van der Waals surface area contributed by atoms with E-state index in [-0.39, 0.29) is 11.3 Å². The molecule has 0 radical (unpaired) electrons. The molecule has 0 saturated heterocycles. The lowest BCUT2D eigenvalue weighted by Gasteiger charge is -2.24. The summed E-state index contributed by atoms with van der Waals surface area (Å²) in [5.74, 6) is -0.640. The molecule has 78 valence electrons. The molecule has 0 rings (SSSR count). The zero-order chi connectivity index (χ0) is 10.6. The Morgan fingerprint density at radius 2 is 1.85 bits per heavy atom. The molecule has 3 heteroatoms. The molecular weight excluding hydrogens is 166 g/mol. The van der Waals surface area contributed by atoms with Crippen molar-refractivity contribution < 1.29 is 9.90 Å². The topological polar surface area (TPSA) is 49.3 Å². The minimum absolute atomic E-state index is 0.125. The number of nitrogens with one attached hydrogen (secondary N) is 1. The standard InChI is InChI=1S/C10H21NO2/c1-7(2)8(9(12)13)11-6-10(3,4)5/h7-8,11H,6H2,1-5H3,(H,12,13)/t8-/m0/s1. The van der Waals surface area contributed by atoms with Crippen molar-refractivity contribution in [1.82, 2.24) is 5.32 Å². The maximum absolute atomic E-state index is 10.8. The lowest BCUT2D eigenvalue weighted by Crippen LogP contribution is -2.44. The molecule has 0 fully saturated rings. The largest absolute Gasteiger partial charge is 0.480 e. The normalized spacial score (nSPS) is 14.6. The maximum Gasteiger partial charge on any atom is 0.320 e. The van der Waals surface area contributed by atoms with Crippen LogP contribution >= 0.6 is 0 Å². The number of hydrogen-bond donors (Lipinski definition) is 2. The van der Waals surface area contributed by atoms with E-state index in [0.29, 0.717) is 0 Å². The molecular formula is C10H21NO2. The number of carboxylic acid groups (broad SMARTS) is 1. The molecule has 0 spiro atoms. The first-order valence-electron chi connectivity index (χ1n) is 4.70. The summed E-state index contributed by atoms with van der Waals surface area (Å²) in [4.78, 5) is 10.8. The van der Waals surface area contributed by atoms with Crippen molar-refractivity contribution in [1.29, 1.82) is 0 Å². The third-order valence-electron chi connectivity index (χ3n) is 1.79. The van der Waals surface area contributed by atoms with E-state index in [0.717, 1.165) is 6.54 Å². The highest BCUT2D eigenvalue weighted by Crippen LogP contribution is 2.12. The van der Waals surface area contributed by atoms with Gasteiger partial charge in [-0.25, -0.2) is 0 Å². The number of rotatable bonds is 4. The Balaban J connectivity index is 4.06. The van der Waals surface area contributed by atoms with Gasteiger partial charge >= 0.3 is 5.97 Å². The molecule has 0 aliphatic heterocycles. The van der Waals surface area contributed by atoms with E-state index in [2.05, 4.69) is 26.1 Å². The van der Waals surface area contributed by atoms with Crippen LogP contribution in [0.3, 0.4) is 0 Å². The zero-order valence-corrected chi connectivity index (χ0v) is 9.22. The molecule has 0 amide bonds. The average molecular weight is 187 g/mol. The average Bonchev–Trinajstić information content (AvgIpc) is 1.82. The van der Waals surface area contributed by atoms with Gasteiger partial charge in [0.05, 0.1) is 0 Å². The predicted molar refractivity (Wildman–Crippen MR) is 53.7 cm³/mol. The summed E-state index contributed by atoms with van der Waals surface area (Å²) in [5.41, 5.74) is 0.128. The highest BCUT2D eigenvalue weighted by atomic mass is 16.4.